The van der Waals surface area contributed by atoms with Crippen molar-refractivity contribution in [3.05, 3.63) is 11.8 Å². The normalized spacial score (nSPS) is 21.2. The molecule has 0 amide bonds. The molecule has 0 aliphatic carbocycles. The van der Waals surface area contributed by atoms with Crippen molar-refractivity contribution in [2.24, 2.45) is 4.99 Å². The van der Waals surface area contributed by atoms with E-state index in [2.05, 4.69) is 11.1 Å². The Morgan fingerprint density at radius 1 is 1.85 bits per heavy atom. The minimum absolute atomic E-state index is 0.0333. The third-order valence-electron chi connectivity index (χ3n) is 1.69. The molecule has 4 nitrogen and oxygen atoms in total. The lowest BCUT2D eigenvalue weighted by Gasteiger charge is -2.29. The Labute approximate surface area is 81.6 Å². The molecule has 1 rings (SSSR count). The van der Waals surface area contributed by atoms with E-state index in [1.165, 1.54) is 11.8 Å². The lowest BCUT2D eigenvalue weighted by molar-refractivity contribution is 0.224. The fraction of sp³-hybridized carbons (Fsp3) is 0.500. The van der Waals surface area contributed by atoms with Gasteiger partial charge in [0.2, 0.25) is 0 Å². The summed E-state index contributed by atoms with van der Waals surface area (Å²) in [6.45, 7) is 0.480. The van der Waals surface area contributed by atoms with E-state index in [9.17, 15) is 0 Å². The predicted octanol–water partition coefficient (Wildman–Crippen LogP) is 0.419. The molecule has 1 aliphatic rings. The Balaban J connectivity index is 2.78. The van der Waals surface area contributed by atoms with Crippen molar-refractivity contribution in [3.63, 3.8) is 0 Å². The number of β-amino-alcohol motifs (C(OH)–C–C–N with tert-alkyl or cyclic N) is 1. The Morgan fingerprint density at radius 2 is 2.62 bits per heavy atom. The molecule has 0 fully saturated rings. The van der Waals surface area contributed by atoms with Crippen LogP contribution < -0.4 is 0 Å². The Hall–Kier alpha value is -0.990. The highest BCUT2D eigenvalue weighted by molar-refractivity contribution is 7.99. The molecule has 0 aromatic heterocycles. The molecule has 1 N–H and O–H groups in total. The molecule has 0 saturated carbocycles. The average Bonchev–Trinajstić information content (AvgIpc) is 2.18. The molecule has 70 valence electrons. The number of allylic oxidation sites excluding steroid dienone is 2. The molecule has 1 atom stereocenters. The largest absolute Gasteiger partial charge is 0.395 e. The lowest BCUT2D eigenvalue weighted by atomic mass is 10.3. The van der Waals surface area contributed by atoms with Gasteiger partial charge in [0.05, 0.1) is 6.61 Å². The fourth-order valence-corrected chi connectivity index (χ4v) is 1.78. The zero-order valence-corrected chi connectivity index (χ0v) is 8.16. The number of hydrogen-bond acceptors (Lipinski definition) is 5. The van der Waals surface area contributed by atoms with Gasteiger partial charge in [-0.25, -0.2) is 0 Å². The van der Waals surface area contributed by atoms with Crippen molar-refractivity contribution in [3.8, 4) is 6.07 Å². The van der Waals surface area contributed by atoms with Gasteiger partial charge >= 0.3 is 0 Å². The van der Waals surface area contributed by atoms with Gasteiger partial charge in [0.1, 0.15) is 11.8 Å². The molecule has 5 heteroatoms. The van der Waals surface area contributed by atoms with Crippen molar-refractivity contribution in [1.82, 2.24) is 4.90 Å². The Bertz CT molecular complexity index is 269. The summed E-state index contributed by atoms with van der Waals surface area (Å²) in [7, 11) is 0. The van der Waals surface area contributed by atoms with Gasteiger partial charge < -0.3 is 10.0 Å². The molecular formula is C8H11N3OS. The summed E-state index contributed by atoms with van der Waals surface area (Å²) in [5.74, 6) is 0. The molecule has 0 aromatic rings. The predicted molar refractivity (Wildman–Crippen MR) is 53.3 cm³/mol. The smallest absolute Gasteiger partial charge is 0.169 e. The molecular weight excluding hydrogens is 186 g/mol. The van der Waals surface area contributed by atoms with Gasteiger partial charge in [-0.1, -0.05) is 0 Å². The van der Waals surface area contributed by atoms with E-state index < -0.39 is 0 Å². The highest BCUT2D eigenvalue weighted by Gasteiger charge is 2.20. The van der Waals surface area contributed by atoms with E-state index in [-0.39, 0.29) is 12.1 Å². The van der Waals surface area contributed by atoms with Gasteiger partial charge in [-0.3, -0.25) is 4.99 Å². The number of nitriles is 1. The van der Waals surface area contributed by atoms with Crippen LogP contribution in [0.4, 0.5) is 0 Å². The maximum Gasteiger partial charge on any atom is 0.169 e. The van der Waals surface area contributed by atoms with E-state index in [0.29, 0.717) is 12.2 Å². The second-order valence-electron chi connectivity index (χ2n) is 2.44. The average molecular weight is 197 g/mol. The zero-order valence-electron chi connectivity index (χ0n) is 7.34. The van der Waals surface area contributed by atoms with Crippen molar-refractivity contribution in [2.45, 2.75) is 5.50 Å². The monoisotopic (exact) mass is 197 g/mol. The first kappa shape index (κ1) is 10.1. The van der Waals surface area contributed by atoms with E-state index in [1.54, 1.807) is 17.2 Å². The van der Waals surface area contributed by atoms with Crippen LogP contribution in [0.15, 0.2) is 16.8 Å². The van der Waals surface area contributed by atoms with Crippen LogP contribution in [0.3, 0.4) is 0 Å². The first-order valence-corrected chi connectivity index (χ1v) is 5.16. The van der Waals surface area contributed by atoms with E-state index in [4.69, 9.17) is 10.4 Å². The Morgan fingerprint density at radius 3 is 3.15 bits per heavy atom. The van der Waals surface area contributed by atoms with Crippen LogP contribution in [0.1, 0.15) is 0 Å². The topological polar surface area (TPSA) is 59.6 Å². The van der Waals surface area contributed by atoms with Crippen molar-refractivity contribution < 1.29 is 5.11 Å². The third kappa shape index (κ3) is 2.23. The number of thioether (sulfide) groups is 1. The maximum atomic E-state index is 8.81. The van der Waals surface area contributed by atoms with Crippen molar-refractivity contribution >= 4 is 18.0 Å². The first-order chi connectivity index (χ1) is 6.33. The first-order valence-electron chi connectivity index (χ1n) is 3.87. The summed E-state index contributed by atoms with van der Waals surface area (Å²) in [5.41, 5.74) is 0.482. The number of hydrogen-bond donors (Lipinski definition) is 1. The van der Waals surface area contributed by atoms with Crippen LogP contribution in [-0.4, -0.2) is 41.1 Å². The number of aliphatic imine (C=N–C) groups is 1. The van der Waals surface area contributed by atoms with Gasteiger partial charge in [0.15, 0.2) is 5.50 Å². The molecule has 0 saturated heterocycles. The van der Waals surface area contributed by atoms with Crippen LogP contribution in [-0.2, 0) is 0 Å². The van der Waals surface area contributed by atoms with E-state index >= 15 is 0 Å². The van der Waals surface area contributed by atoms with E-state index in [0.717, 1.165) is 0 Å². The number of aliphatic hydroxyl groups excluding tert-OH is 1. The highest BCUT2D eigenvalue weighted by Crippen LogP contribution is 2.20. The number of aliphatic hydroxyl groups is 1. The van der Waals surface area contributed by atoms with Gasteiger partial charge in [0, 0.05) is 12.8 Å². The number of nitrogens with zero attached hydrogens (tertiary/aromatic N) is 3. The van der Waals surface area contributed by atoms with Gasteiger partial charge in [0.25, 0.3) is 0 Å². The molecule has 0 aromatic carbocycles. The SMILES string of the molecule is CSC1N=CC=C(C#N)N1CCO. The molecule has 1 unspecified atom stereocenters. The third-order valence-corrected chi connectivity index (χ3v) is 2.49. The summed E-state index contributed by atoms with van der Waals surface area (Å²) >= 11 is 1.54. The van der Waals surface area contributed by atoms with Gasteiger partial charge in [-0.05, 0) is 12.3 Å². The van der Waals surface area contributed by atoms with Crippen LogP contribution in [0, 0.1) is 11.3 Å². The lowest BCUT2D eigenvalue weighted by Crippen LogP contribution is -2.34. The second-order valence-corrected chi connectivity index (χ2v) is 3.33. The standard InChI is InChI=1S/C8H11N3OS/c1-13-8-10-3-2-7(6-9)11(8)4-5-12/h2-3,8,12H,4-5H2,1H3. The van der Waals surface area contributed by atoms with Crippen LogP contribution in [0.25, 0.3) is 0 Å². The summed E-state index contributed by atoms with van der Waals surface area (Å²) in [6, 6.07) is 2.07. The second kappa shape index (κ2) is 4.90. The summed E-state index contributed by atoms with van der Waals surface area (Å²) in [4.78, 5) is 5.95. The molecule has 1 heterocycles. The number of rotatable bonds is 3. The van der Waals surface area contributed by atoms with Crippen molar-refractivity contribution in [2.75, 3.05) is 19.4 Å². The van der Waals surface area contributed by atoms with Gasteiger partial charge in [-0.2, -0.15) is 5.26 Å². The highest BCUT2D eigenvalue weighted by atomic mass is 32.2. The Kier molecular flexibility index (Phi) is 3.80. The molecule has 0 spiro atoms. The van der Waals surface area contributed by atoms with E-state index in [1.807, 2.05) is 6.26 Å². The van der Waals surface area contributed by atoms with Gasteiger partial charge in [-0.15, -0.1) is 11.8 Å². The minimum atomic E-state index is -0.0770. The van der Waals surface area contributed by atoms with Crippen LogP contribution in [0.2, 0.25) is 0 Å². The summed E-state index contributed by atoms with van der Waals surface area (Å²) < 4.78 is 0. The molecule has 0 radical (unpaired) electrons. The molecule has 13 heavy (non-hydrogen) atoms. The fourth-order valence-electron chi connectivity index (χ4n) is 1.11. The maximum absolute atomic E-state index is 8.81. The molecule has 1 aliphatic heterocycles. The summed E-state index contributed by atoms with van der Waals surface area (Å²) in [5, 5.41) is 17.6. The molecule has 0 bridgehead atoms. The van der Waals surface area contributed by atoms with Crippen LogP contribution in [0.5, 0.6) is 0 Å². The minimum Gasteiger partial charge on any atom is -0.395 e. The summed E-state index contributed by atoms with van der Waals surface area (Å²) in [6.07, 6.45) is 5.21. The zero-order chi connectivity index (χ0) is 9.68. The van der Waals surface area contributed by atoms with Crippen molar-refractivity contribution in [1.29, 1.82) is 5.26 Å². The van der Waals surface area contributed by atoms with Crippen LogP contribution >= 0.6 is 11.8 Å². The quantitative estimate of drug-likeness (QED) is 0.712.